The van der Waals surface area contributed by atoms with Gasteiger partial charge in [-0.3, -0.25) is 0 Å². The molecule has 1 aromatic carbocycles. The molecule has 24 heavy (non-hydrogen) atoms. The second kappa shape index (κ2) is 14.5. The lowest BCUT2D eigenvalue weighted by atomic mass is 10.0. The maximum absolute atomic E-state index is 10.6. The minimum atomic E-state index is -1.11. The fourth-order valence-electron chi connectivity index (χ4n) is 2.17. The topological polar surface area (TPSA) is 106 Å². The molecule has 1 rings (SSSR count). The van der Waals surface area contributed by atoms with Gasteiger partial charge in [-0.2, -0.15) is 0 Å². The van der Waals surface area contributed by atoms with E-state index >= 15 is 0 Å². The van der Waals surface area contributed by atoms with E-state index < -0.39 is 11.9 Å². The highest BCUT2D eigenvalue weighted by Gasteiger charge is 2.13. The van der Waals surface area contributed by atoms with Gasteiger partial charge in [-0.15, -0.1) is 6.58 Å². The maximum Gasteiger partial charge on any atom is 0.335 e. The van der Waals surface area contributed by atoms with Crippen molar-refractivity contribution in [2.45, 2.75) is 58.8 Å². The number of carboxylic acid groups (broad SMARTS) is 2. The minimum absolute atomic E-state index is 0. The number of aromatic carboxylic acids is 2. The van der Waals surface area contributed by atoms with Crippen LogP contribution < -0.4 is 0 Å². The predicted molar refractivity (Wildman–Crippen MR) is 96.9 cm³/mol. The van der Waals surface area contributed by atoms with Gasteiger partial charge in [0.05, 0.1) is 11.1 Å². The maximum atomic E-state index is 10.6. The standard InChI is InChI=1S/C10H20.C9H8O4.H2O/c1-3-5-7-9-10-8-6-4-2;1-5-6(8(10)11)3-2-4-7(5)9(12)13;/h3H,1,4-10H2,2H3;2-4H,1H3,(H,10,11)(H,12,13);1H2. The Balaban J connectivity index is 0. The second-order valence-electron chi connectivity index (χ2n) is 5.43. The van der Waals surface area contributed by atoms with Crippen LogP contribution in [0.3, 0.4) is 0 Å². The van der Waals surface area contributed by atoms with Crippen molar-refractivity contribution in [1.82, 2.24) is 0 Å². The normalized spacial score (nSPS) is 9.25. The number of carbonyl (C=O) groups is 2. The lowest BCUT2D eigenvalue weighted by Crippen LogP contribution is -2.06. The first-order valence-electron chi connectivity index (χ1n) is 8.12. The van der Waals surface area contributed by atoms with Gasteiger partial charge in [0, 0.05) is 0 Å². The van der Waals surface area contributed by atoms with Gasteiger partial charge in [-0.25, -0.2) is 9.59 Å². The van der Waals surface area contributed by atoms with Crippen molar-refractivity contribution in [3.63, 3.8) is 0 Å². The lowest BCUT2D eigenvalue weighted by Gasteiger charge is -2.03. The zero-order valence-electron chi connectivity index (χ0n) is 14.7. The molecule has 0 aromatic heterocycles. The van der Waals surface area contributed by atoms with Crippen molar-refractivity contribution < 1.29 is 25.3 Å². The van der Waals surface area contributed by atoms with Crippen LogP contribution >= 0.6 is 0 Å². The van der Waals surface area contributed by atoms with Crippen LogP contribution in [0, 0.1) is 6.92 Å². The second-order valence-corrected chi connectivity index (χ2v) is 5.43. The van der Waals surface area contributed by atoms with Gasteiger partial charge in [0.1, 0.15) is 0 Å². The Morgan fingerprint density at radius 2 is 1.46 bits per heavy atom. The van der Waals surface area contributed by atoms with Gasteiger partial charge in [0.2, 0.25) is 0 Å². The van der Waals surface area contributed by atoms with Gasteiger partial charge in [0.15, 0.2) is 0 Å². The summed E-state index contributed by atoms with van der Waals surface area (Å²) < 4.78 is 0. The van der Waals surface area contributed by atoms with E-state index in [1.54, 1.807) is 0 Å². The smallest absolute Gasteiger partial charge is 0.335 e. The summed E-state index contributed by atoms with van der Waals surface area (Å²) in [4.78, 5) is 21.2. The number of benzene rings is 1. The molecule has 0 saturated carbocycles. The molecule has 0 aliphatic carbocycles. The van der Waals surface area contributed by atoms with Gasteiger partial charge >= 0.3 is 11.9 Å². The quantitative estimate of drug-likeness (QED) is 0.511. The van der Waals surface area contributed by atoms with E-state index in [0.717, 1.165) is 0 Å². The molecule has 0 spiro atoms. The van der Waals surface area contributed by atoms with E-state index in [1.165, 1.54) is 70.1 Å². The van der Waals surface area contributed by atoms with Crippen molar-refractivity contribution in [2.75, 3.05) is 0 Å². The van der Waals surface area contributed by atoms with Crippen LogP contribution in [0.15, 0.2) is 30.9 Å². The van der Waals surface area contributed by atoms with Crippen LogP contribution in [0.2, 0.25) is 0 Å². The monoisotopic (exact) mass is 338 g/mol. The summed E-state index contributed by atoms with van der Waals surface area (Å²) in [5.74, 6) is -2.22. The third kappa shape index (κ3) is 9.79. The molecule has 4 N–H and O–H groups in total. The minimum Gasteiger partial charge on any atom is -0.478 e. The number of hydrogen-bond acceptors (Lipinski definition) is 2. The molecule has 5 heteroatoms. The Hall–Kier alpha value is -2.14. The third-order valence-electron chi connectivity index (χ3n) is 3.56. The van der Waals surface area contributed by atoms with Gasteiger partial charge in [0.25, 0.3) is 0 Å². The zero-order valence-corrected chi connectivity index (χ0v) is 14.7. The predicted octanol–water partition coefficient (Wildman–Crippen LogP) is 4.49. The number of allylic oxidation sites excluding steroid dienone is 1. The first-order chi connectivity index (χ1) is 11.0. The SMILES string of the molecule is C=CCCCCCCCC.Cc1c(C(=O)O)cccc1C(=O)O.O. The molecule has 0 aliphatic rings. The highest BCUT2D eigenvalue weighted by Crippen LogP contribution is 2.13. The molecular formula is C19H30O5. The molecule has 0 aliphatic heterocycles. The first-order valence-corrected chi connectivity index (χ1v) is 8.12. The van der Waals surface area contributed by atoms with Crippen molar-refractivity contribution in [2.24, 2.45) is 0 Å². The molecule has 5 nitrogen and oxygen atoms in total. The molecule has 136 valence electrons. The van der Waals surface area contributed by atoms with Gasteiger partial charge < -0.3 is 15.7 Å². The fraction of sp³-hybridized carbons (Fsp3) is 0.474. The molecule has 0 amide bonds. The van der Waals surface area contributed by atoms with Gasteiger partial charge in [-0.05, 0) is 37.5 Å². The van der Waals surface area contributed by atoms with Crippen molar-refractivity contribution in [3.8, 4) is 0 Å². The average molecular weight is 338 g/mol. The summed E-state index contributed by atoms with van der Waals surface area (Å²) in [7, 11) is 0. The number of unbranched alkanes of at least 4 members (excludes halogenated alkanes) is 6. The zero-order chi connectivity index (χ0) is 17.7. The van der Waals surface area contributed by atoms with Crippen LogP contribution in [0.5, 0.6) is 0 Å². The summed E-state index contributed by atoms with van der Waals surface area (Å²) >= 11 is 0. The molecule has 0 radical (unpaired) electrons. The average Bonchev–Trinajstić information content (AvgIpc) is 2.51. The van der Waals surface area contributed by atoms with Crippen molar-refractivity contribution in [3.05, 3.63) is 47.5 Å². The molecule has 0 atom stereocenters. The van der Waals surface area contributed by atoms with Crippen LogP contribution in [0.4, 0.5) is 0 Å². The van der Waals surface area contributed by atoms with Crippen LogP contribution in [-0.2, 0) is 0 Å². The summed E-state index contributed by atoms with van der Waals surface area (Å²) in [5.41, 5.74) is 0.335. The molecule has 1 aromatic rings. The molecule has 0 saturated heterocycles. The Labute approximate surface area is 144 Å². The van der Waals surface area contributed by atoms with E-state index in [9.17, 15) is 9.59 Å². The molecule has 0 heterocycles. The lowest BCUT2D eigenvalue weighted by molar-refractivity contribution is 0.0696. The Kier molecular flexibility index (Phi) is 14.5. The summed E-state index contributed by atoms with van der Waals surface area (Å²) in [6.45, 7) is 7.43. The molecule has 0 bridgehead atoms. The summed E-state index contributed by atoms with van der Waals surface area (Å²) in [6.07, 6.45) is 11.6. The third-order valence-corrected chi connectivity index (χ3v) is 3.56. The summed E-state index contributed by atoms with van der Waals surface area (Å²) in [6, 6.07) is 4.17. The van der Waals surface area contributed by atoms with Crippen molar-refractivity contribution in [1.29, 1.82) is 0 Å². The van der Waals surface area contributed by atoms with Crippen LogP contribution in [0.25, 0.3) is 0 Å². The fourth-order valence-corrected chi connectivity index (χ4v) is 2.17. The largest absolute Gasteiger partial charge is 0.478 e. The van der Waals surface area contributed by atoms with Crippen LogP contribution in [-0.4, -0.2) is 27.6 Å². The van der Waals surface area contributed by atoms with E-state index in [4.69, 9.17) is 10.2 Å². The summed E-state index contributed by atoms with van der Waals surface area (Å²) in [5, 5.41) is 17.4. The number of hydrogen-bond donors (Lipinski definition) is 2. The van der Waals surface area contributed by atoms with E-state index in [2.05, 4.69) is 13.5 Å². The Morgan fingerprint density at radius 3 is 1.88 bits per heavy atom. The molecule has 0 fully saturated rings. The van der Waals surface area contributed by atoms with E-state index in [0.29, 0.717) is 0 Å². The van der Waals surface area contributed by atoms with Crippen LogP contribution in [0.1, 0.15) is 78.1 Å². The van der Waals surface area contributed by atoms with Crippen molar-refractivity contribution >= 4 is 11.9 Å². The molecular weight excluding hydrogens is 308 g/mol. The Bertz CT molecular complexity index is 476. The highest BCUT2D eigenvalue weighted by molar-refractivity contribution is 5.96. The highest BCUT2D eigenvalue weighted by atomic mass is 16.4. The number of carboxylic acids is 2. The Morgan fingerprint density at radius 1 is 1.00 bits per heavy atom. The van der Waals surface area contributed by atoms with E-state index in [-0.39, 0.29) is 22.2 Å². The molecule has 0 unspecified atom stereocenters. The van der Waals surface area contributed by atoms with E-state index in [1.807, 2.05) is 6.08 Å². The van der Waals surface area contributed by atoms with Gasteiger partial charge in [-0.1, -0.05) is 51.2 Å². The number of rotatable bonds is 9. The first kappa shape index (κ1) is 24.1.